The number of rotatable bonds is 4. The number of ether oxygens (including phenoxy) is 1. The number of nitrogens with one attached hydrogen (secondary N) is 1. The highest BCUT2D eigenvalue weighted by Gasteiger charge is 2.27. The number of carbonyl (C=O) groups excluding carboxylic acids is 1. The van der Waals surface area contributed by atoms with Crippen molar-refractivity contribution in [3.63, 3.8) is 0 Å². The first-order valence-electron chi connectivity index (χ1n) is 11.4. The highest BCUT2D eigenvalue weighted by atomic mass is 19.1. The molecule has 2 aromatic carbocycles. The minimum atomic E-state index is -0.571. The van der Waals surface area contributed by atoms with E-state index in [1.165, 1.54) is 6.07 Å². The Kier molecular flexibility index (Phi) is 5.67. The largest absolute Gasteiger partial charge is 0.489 e. The lowest BCUT2D eigenvalue weighted by Gasteiger charge is -2.15. The van der Waals surface area contributed by atoms with Crippen LogP contribution in [0.1, 0.15) is 53.5 Å². The molecule has 7 nitrogen and oxygen atoms in total. The molecule has 1 aliphatic carbocycles. The molecule has 6 rings (SSSR count). The summed E-state index contributed by atoms with van der Waals surface area (Å²) < 4.78 is 24.8. The summed E-state index contributed by atoms with van der Waals surface area (Å²) in [5.41, 5.74) is 5.65. The number of carbonyl (C=O) groups is 1. The average molecular weight is 474 g/mol. The number of anilines is 1. The predicted octanol–water partition coefficient (Wildman–Crippen LogP) is 5.65. The molecular weight excluding hydrogens is 445 g/mol. The van der Waals surface area contributed by atoms with Gasteiger partial charge in [0.1, 0.15) is 12.4 Å². The van der Waals surface area contributed by atoms with Crippen LogP contribution in [0.3, 0.4) is 0 Å². The lowest BCUT2D eigenvalue weighted by atomic mass is 10.1. The summed E-state index contributed by atoms with van der Waals surface area (Å²) in [6.07, 6.45) is 7.79. The zero-order chi connectivity index (χ0) is 23.4. The van der Waals surface area contributed by atoms with Gasteiger partial charge in [0, 0.05) is 17.7 Å². The van der Waals surface area contributed by atoms with Crippen molar-refractivity contribution in [1.29, 1.82) is 0 Å². The molecule has 4 aromatic rings. The smallest absolute Gasteiger partial charge is 0.258 e. The second-order valence-corrected chi connectivity index (χ2v) is 8.96. The van der Waals surface area contributed by atoms with Crippen LogP contribution < -0.4 is 10.1 Å². The molecule has 180 valence electrons. The fourth-order valence-corrected chi connectivity index (χ4v) is 4.59. The van der Waals surface area contributed by atoms with E-state index in [2.05, 4.69) is 15.3 Å². The first-order valence-corrected chi connectivity index (χ1v) is 11.4. The van der Waals surface area contributed by atoms with Gasteiger partial charge in [-0.3, -0.25) is 4.79 Å². The highest BCUT2D eigenvalue weighted by molar-refractivity contribution is 6.06. The molecular formula is C27H28FN5O2. The lowest BCUT2D eigenvalue weighted by molar-refractivity contribution is 0.102. The number of aromatic nitrogens is 4. The van der Waals surface area contributed by atoms with Crippen molar-refractivity contribution in [2.24, 2.45) is 0 Å². The van der Waals surface area contributed by atoms with Crippen LogP contribution in [0.2, 0.25) is 0 Å². The van der Waals surface area contributed by atoms with Crippen LogP contribution in [0.4, 0.5) is 10.1 Å². The van der Waals surface area contributed by atoms with Crippen LogP contribution in [-0.2, 0) is 6.54 Å². The topological polar surface area (TPSA) is 74.0 Å². The van der Waals surface area contributed by atoms with Gasteiger partial charge in [0.15, 0.2) is 5.75 Å². The van der Waals surface area contributed by atoms with Crippen molar-refractivity contribution in [1.82, 2.24) is 19.1 Å². The molecule has 1 aliphatic heterocycles. The van der Waals surface area contributed by atoms with Gasteiger partial charge in [0.25, 0.3) is 5.91 Å². The quantitative estimate of drug-likeness (QED) is 0.416. The minimum Gasteiger partial charge on any atom is -0.489 e. The lowest BCUT2D eigenvalue weighted by Crippen LogP contribution is -2.16. The Bertz CT molecular complexity index is 1430. The Morgan fingerprint density at radius 2 is 2.00 bits per heavy atom. The maximum absolute atomic E-state index is 14.9. The molecule has 3 heterocycles. The number of benzene rings is 2. The average Bonchev–Trinajstić information content (AvgIpc) is 3.49. The number of halogens is 1. The molecule has 0 saturated heterocycles. The van der Waals surface area contributed by atoms with Crippen LogP contribution in [0, 0.1) is 19.7 Å². The Balaban J connectivity index is 0.00000253. The van der Waals surface area contributed by atoms with Crippen LogP contribution in [-0.4, -0.2) is 31.6 Å². The van der Waals surface area contributed by atoms with Gasteiger partial charge < -0.3 is 19.2 Å². The van der Waals surface area contributed by atoms with Gasteiger partial charge in [-0.2, -0.15) is 0 Å². The Labute approximate surface area is 203 Å². The molecule has 0 atom stereocenters. The SMILES string of the molecule is C.Cc1cc(F)c(C(=O)Nc2cccc3c2OCCn2cnc(C)c2-3)cc1-n1cnc(C2CC2)c1. The monoisotopic (exact) mass is 473 g/mol. The van der Waals surface area contributed by atoms with Gasteiger partial charge in [-0.25, -0.2) is 14.4 Å². The third-order valence-corrected chi connectivity index (χ3v) is 6.52. The standard InChI is InChI=1S/C26H24FN5O2.CH4/c1-15-10-20(27)19(11-23(15)32-12-22(29-14-32)17-6-7-17)26(33)30-21-5-3-4-18-24-16(2)28-13-31(24)8-9-34-25(18)21;/h3-5,10-14,17H,6-9H2,1-2H3,(H,30,33);1H4. The molecule has 0 bridgehead atoms. The van der Waals surface area contributed by atoms with Crippen molar-refractivity contribution in [3.05, 3.63) is 77.5 Å². The van der Waals surface area contributed by atoms with Gasteiger partial charge in [-0.05, 0) is 56.5 Å². The van der Waals surface area contributed by atoms with Gasteiger partial charge in [0.05, 0.1) is 53.2 Å². The summed E-state index contributed by atoms with van der Waals surface area (Å²) in [7, 11) is 0. The number of aryl methyl sites for hydroxylation is 2. The van der Waals surface area contributed by atoms with Crippen molar-refractivity contribution >= 4 is 11.6 Å². The molecule has 0 spiro atoms. The van der Waals surface area contributed by atoms with Crippen LogP contribution in [0.15, 0.2) is 49.2 Å². The maximum Gasteiger partial charge on any atom is 0.258 e. The summed E-state index contributed by atoms with van der Waals surface area (Å²) >= 11 is 0. The van der Waals surface area contributed by atoms with E-state index in [-0.39, 0.29) is 13.0 Å². The fraction of sp³-hybridized carbons (Fsp3) is 0.296. The molecule has 35 heavy (non-hydrogen) atoms. The van der Waals surface area contributed by atoms with Gasteiger partial charge >= 0.3 is 0 Å². The second-order valence-electron chi connectivity index (χ2n) is 8.96. The van der Waals surface area contributed by atoms with E-state index in [9.17, 15) is 9.18 Å². The number of nitrogens with zero attached hydrogens (tertiary/aromatic N) is 4. The van der Waals surface area contributed by atoms with Crippen LogP contribution in [0.5, 0.6) is 5.75 Å². The van der Waals surface area contributed by atoms with Gasteiger partial charge in [-0.15, -0.1) is 0 Å². The highest BCUT2D eigenvalue weighted by Crippen LogP contribution is 2.40. The van der Waals surface area contributed by atoms with Crippen molar-refractivity contribution < 1.29 is 13.9 Å². The van der Waals surface area contributed by atoms with E-state index in [1.807, 2.05) is 41.3 Å². The molecule has 8 heteroatoms. The Hall–Kier alpha value is -3.94. The first kappa shape index (κ1) is 22.8. The molecule has 2 aromatic heterocycles. The fourth-order valence-electron chi connectivity index (χ4n) is 4.59. The van der Waals surface area contributed by atoms with Gasteiger partial charge in [0.2, 0.25) is 0 Å². The number of fused-ring (bicyclic) bond motifs is 3. The Morgan fingerprint density at radius 3 is 2.80 bits per heavy atom. The second kappa shape index (κ2) is 8.69. The zero-order valence-electron chi connectivity index (χ0n) is 19.0. The summed E-state index contributed by atoms with van der Waals surface area (Å²) in [6.45, 7) is 4.87. The third kappa shape index (κ3) is 3.99. The van der Waals surface area contributed by atoms with Crippen molar-refractivity contribution in [2.45, 2.75) is 46.6 Å². The van der Waals surface area contributed by atoms with Crippen molar-refractivity contribution in [2.75, 3.05) is 11.9 Å². The van der Waals surface area contributed by atoms with E-state index >= 15 is 0 Å². The van der Waals surface area contributed by atoms with Gasteiger partial charge in [-0.1, -0.05) is 13.5 Å². The summed E-state index contributed by atoms with van der Waals surface area (Å²) in [6, 6.07) is 8.54. The molecule has 0 radical (unpaired) electrons. The first-order chi connectivity index (χ1) is 16.5. The predicted molar refractivity (Wildman–Crippen MR) is 133 cm³/mol. The summed E-state index contributed by atoms with van der Waals surface area (Å²) in [5.74, 6) is -0.0291. The van der Waals surface area contributed by atoms with Crippen molar-refractivity contribution in [3.8, 4) is 22.7 Å². The normalized spacial score (nSPS) is 14.3. The molecule has 1 fully saturated rings. The maximum atomic E-state index is 14.9. The summed E-state index contributed by atoms with van der Waals surface area (Å²) in [5, 5.41) is 2.87. The molecule has 1 saturated carbocycles. The van der Waals surface area contributed by atoms with E-state index in [1.54, 1.807) is 24.8 Å². The zero-order valence-corrected chi connectivity index (χ0v) is 19.0. The van der Waals surface area contributed by atoms with E-state index in [0.717, 1.165) is 46.7 Å². The number of hydrogen-bond acceptors (Lipinski definition) is 4. The van der Waals surface area contributed by atoms with Crippen LogP contribution >= 0.6 is 0 Å². The number of imidazole rings is 2. The van der Waals surface area contributed by atoms with Crippen LogP contribution in [0.25, 0.3) is 16.9 Å². The molecule has 0 unspecified atom stereocenters. The molecule has 1 amide bonds. The third-order valence-electron chi connectivity index (χ3n) is 6.52. The molecule has 2 aliphatic rings. The van der Waals surface area contributed by atoms with E-state index < -0.39 is 11.7 Å². The minimum absolute atomic E-state index is 0. The summed E-state index contributed by atoms with van der Waals surface area (Å²) in [4.78, 5) is 22.1. The number of para-hydroxylation sites is 1. The molecule has 1 N–H and O–H groups in total. The van der Waals surface area contributed by atoms with E-state index in [0.29, 0.717) is 30.5 Å². The number of hydrogen-bond donors (Lipinski definition) is 1. The van der Waals surface area contributed by atoms with E-state index in [4.69, 9.17) is 4.74 Å². The number of amides is 1. The Morgan fingerprint density at radius 1 is 1.17 bits per heavy atom.